The Balaban J connectivity index is 2.78. The van der Waals surface area contributed by atoms with Gasteiger partial charge in [0.25, 0.3) is 0 Å². The van der Waals surface area contributed by atoms with Gasteiger partial charge in [0.05, 0.1) is 19.8 Å². The molecule has 0 heterocycles. The molecule has 1 aromatic carbocycles. The fourth-order valence-corrected chi connectivity index (χ4v) is 1.57. The first-order valence-electron chi connectivity index (χ1n) is 5.76. The Hall–Kier alpha value is -1.13. The summed E-state index contributed by atoms with van der Waals surface area (Å²) in [6.07, 6.45) is 0. The van der Waals surface area contributed by atoms with Crippen molar-refractivity contribution in [3.05, 3.63) is 29.6 Å². The van der Waals surface area contributed by atoms with E-state index in [9.17, 15) is 9.50 Å². The van der Waals surface area contributed by atoms with E-state index in [1.807, 2.05) is 0 Å². The molecule has 3 nitrogen and oxygen atoms in total. The van der Waals surface area contributed by atoms with Crippen LogP contribution in [-0.4, -0.2) is 25.4 Å². The first kappa shape index (κ1) is 13.9. The van der Waals surface area contributed by atoms with E-state index < -0.39 is 5.82 Å². The van der Waals surface area contributed by atoms with Crippen LogP contribution in [0.4, 0.5) is 4.39 Å². The van der Waals surface area contributed by atoms with E-state index in [2.05, 4.69) is 19.2 Å². The SMILES string of the molecule is COc1ccc(C(CO)NCC(C)C)cc1F. The van der Waals surface area contributed by atoms with Crippen molar-refractivity contribution in [1.29, 1.82) is 0 Å². The molecule has 0 radical (unpaired) electrons. The monoisotopic (exact) mass is 241 g/mol. The molecule has 0 aliphatic carbocycles. The van der Waals surface area contributed by atoms with E-state index in [1.54, 1.807) is 12.1 Å². The van der Waals surface area contributed by atoms with Crippen molar-refractivity contribution in [3.63, 3.8) is 0 Å². The standard InChI is InChI=1S/C13H20FNO2/c1-9(2)7-15-12(8-16)10-4-5-13(17-3)11(14)6-10/h4-6,9,12,15-16H,7-8H2,1-3H3. The molecule has 1 aromatic rings. The number of rotatable bonds is 6. The third-order valence-corrected chi connectivity index (χ3v) is 2.53. The van der Waals surface area contributed by atoms with Crippen LogP contribution in [0.2, 0.25) is 0 Å². The highest BCUT2D eigenvalue weighted by Gasteiger charge is 2.13. The van der Waals surface area contributed by atoms with Gasteiger partial charge in [0.15, 0.2) is 11.6 Å². The third-order valence-electron chi connectivity index (χ3n) is 2.53. The lowest BCUT2D eigenvalue weighted by atomic mass is 10.1. The van der Waals surface area contributed by atoms with Crippen LogP contribution in [0, 0.1) is 11.7 Å². The molecule has 0 saturated heterocycles. The van der Waals surface area contributed by atoms with Crippen LogP contribution < -0.4 is 10.1 Å². The number of hydrogen-bond donors (Lipinski definition) is 2. The van der Waals surface area contributed by atoms with Crippen molar-refractivity contribution in [2.24, 2.45) is 5.92 Å². The van der Waals surface area contributed by atoms with Gasteiger partial charge in [0.1, 0.15) is 0 Å². The fraction of sp³-hybridized carbons (Fsp3) is 0.538. The molecule has 1 atom stereocenters. The molecule has 0 saturated carbocycles. The van der Waals surface area contributed by atoms with Gasteiger partial charge in [-0.2, -0.15) is 0 Å². The Kier molecular flexibility index (Phi) is 5.38. The average molecular weight is 241 g/mol. The van der Waals surface area contributed by atoms with E-state index in [-0.39, 0.29) is 18.4 Å². The zero-order valence-corrected chi connectivity index (χ0v) is 10.5. The van der Waals surface area contributed by atoms with Gasteiger partial charge in [-0.25, -0.2) is 4.39 Å². The van der Waals surface area contributed by atoms with Gasteiger partial charge in [0.2, 0.25) is 0 Å². The van der Waals surface area contributed by atoms with Gasteiger partial charge in [-0.1, -0.05) is 19.9 Å². The molecule has 96 valence electrons. The Morgan fingerprint density at radius 3 is 2.59 bits per heavy atom. The van der Waals surface area contributed by atoms with E-state index in [0.29, 0.717) is 5.92 Å². The molecule has 0 aliphatic heterocycles. The fourth-order valence-electron chi connectivity index (χ4n) is 1.57. The summed E-state index contributed by atoms with van der Waals surface area (Å²) in [6, 6.07) is 4.49. The number of nitrogens with one attached hydrogen (secondary N) is 1. The van der Waals surface area contributed by atoms with Crippen molar-refractivity contribution in [2.75, 3.05) is 20.3 Å². The van der Waals surface area contributed by atoms with E-state index >= 15 is 0 Å². The van der Waals surface area contributed by atoms with Crippen LogP contribution in [0.1, 0.15) is 25.5 Å². The summed E-state index contributed by atoms with van der Waals surface area (Å²) >= 11 is 0. The Labute approximate surface area is 102 Å². The van der Waals surface area contributed by atoms with Crippen LogP contribution in [-0.2, 0) is 0 Å². The molecule has 0 amide bonds. The maximum Gasteiger partial charge on any atom is 0.165 e. The number of ether oxygens (including phenoxy) is 1. The highest BCUT2D eigenvalue weighted by atomic mass is 19.1. The minimum absolute atomic E-state index is 0.0571. The highest BCUT2D eigenvalue weighted by Crippen LogP contribution is 2.21. The molecule has 17 heavy (non-hydrogen) atoms. The van der Waals surface area contributed by atoms with Crippen LogP contribution in [0.25, 0.3) is 0 Å². The van der Waals surface area contributed by atoms with Gasteiger partial charge in [0, 0.05) is 0 Å². The molecule has 1 unspecified atom stereocenters. The van der Waals surface area contributed by atoms with Gasteiger partial charge < -0.3 is 15.2 Å². The summed E-state index contributed by atoms with van der Waals surface area (Å²) in [5, 5.41) is 12.5. The van der Waals surface area contributed by atoms with Crippen LogP contribution in [0.3, 0.4) is 0 Å². The largest absolute Gasteiger partial charge is 0.494 e. The summed E-state index contributed by atoms with van der Waals surface area (Å²) in [4.78, 5) is 0. The number of halogens is 1. The Morgan fingerprint density at radius 2 is 2.12 bits per heavy atom. The van der Waals surface area contributed by atoms with Gasteiger partial charge >= 0.3 is 0 Å². The summed E-state index contributed by atoms with van der Waals surface area (Å²) < 4.78 is 18.4. The van der Waals surface area contributed by atoms with E-state index in [0.717, 1.165) is 12.1 Å². The lowest BCUT2D eigenvalue weighted by Gasteiger charge is -2.18. The summed E-state index contributed by atoms with van der Waals surface area (Å²) in [7, 11) is 1.43. The Bertz CT molecular complexity index is 355. The first-order chi connectivity index (χ1) is 8.08. The topological polar surface area (TPSA) is 41.5 Å². The predicted molar refractivity (Wildman–Crippen MR) is 65.6 cm³/mol. The van der Waals surface area contributed by atoms with Crippen molar-refractivity contribution >= 4 is 0 Å². The number of benzene rings is 1. The van der Waals surface area contributed by atoms with E-state index in [4.69, 9.17) is 4.74 Å². The maximum absolute atomic E-state index is 13.5. The molecule has 4 heteroatoms. The first-order valence-corrected chi connectivity index (χ1v) is 5.76. The molecular weight excluding hydrogens is 221 g/mol. The van der Waals surface area contributed by atoms with Gasteiger partial charge in [-0.3, -0.25) is 0 Å². The third kappa shape index (κ3) is 3.98. The van der Waals surface area contributed by atoms with Crippen LogP contribution >= 0.6 is 0 Å². The summed E-state index contributed by atoms with van der Waals surface area (Å²) in [5.41, 5.74) is 0.728. The van der Waals surface area contributed by atoms with Crippen molar-refractivity contribution in [3.8, 4) is 5.75 Å². The minimum atomic E-state index is -0.408. The number of aliphatic hydroxyl groups is 1. The van der Waals surface area contributed by atoms with Crippen molar-refractivity contribution in [2.45, 2.75) is 19.9 Å². The zero-order valence-electron chi connectivity index (χ0n) is 10.5. The molecular formula is C13H20FNO2. The van der Waals surface area contributed by atoms with Crippen molar-refractivity contribution < 1.29 is 14.2 Å². The second-order valence-corrected chi connectivity index (χ2v) is 4.43. The van der Waals surface area contributed by atoms with E-state index in [1.165, 1.54) is 13.2 Å². The number of hydrogen-bond acceptors (Lipinski definition) is 3. The van der Waals surface area contributed by atoms with Gasteiger partial charge in [-0.15, -0.1) is 0 Å². The molecule has 0 spiro atoms. The number of methoxy groups -OCH3 is 1. The maximum atomic E-state index is 13.5. The second kappa shape index (κ2) is 6.57. The summed E-state index contributed by atoms with van der Waals surface area (Å²) in [5.74, 6) is 0.288. The van der Waals surface area contributed by atoms with Crippen LogP contribution in [0.5, 0.6) is 5.75 Å². The molecule has 2 N–H and O–H groups in total. The lowest BCUT2D eigenvalue weighted by Crippen LogP contribution is -2.28. The lowest BCUT2D eigenvalue weighted by molar-refractivity contribution is 0.240. The zero-order chi connectivity index (χ0) is 12.8. The van der Waals surface area contributed by atoms with Crippen LogP contribution in [0.15, 0.2) is 18.2 Å². The average Bonchev–Trinajstić information content (AvgIpc) is 2.29. The quantitative estimate of drug-likeness (QED) is 0.801. The smallest absolute Gasteiger partial charge is 0.165 e. The van der Waals surface area contributed by atoms with Gasteiger partial charge in [-0.05, 0) is 30.2 Å². The normalized spacial score (nSPS) is 12.8. The molecule has 0 aromatic heterocycles. The predicted octanol–water partition coefficient (Wildman–Crippen LogP) is 2.11. The van der Waals surface area contributed by atoms with Crippen molar-refractivity contribution in [1.82, 2.24) is 5.32 Å². The second-order valence-electron chi connectivity index (χ2n) is 4.43. The number of aliphatic hydroxyl groups excluding tert-OH is 1. The molecule has 0 bridgehead atoms. The minimum Gasteiger partial charge on any atom is -0.494 e. The molecule has 1 rings (SSSR count). The highest BCUT2D eigenvalue weighted by molar-refractivity contribution is 5.31. The molecule has 0 aliphatic rings. The summed E-state index contributed by atoms with van der Waals surface area (Å²) in [6.45, 7) is 4.88. The molecule has 0 fully saturated rings. The Morgan fingerprint density at radius 1 is 1.41 bits per heavy atom.